The van der Waals surface area contributed by atoms with Gasteiger partial charge in [0, 0.05) is 22.3 Å². The number of hydrogen-bond donors (Lipinski definition) is 2. The molecule has 0 aliphatic rings. The zero-order chi connectivity index (χ0) is 12.3. The molecule has 17 heavy (non-hydrogen) atoms. The molecular formula is C12H13NO2S2. The molecule has 2 aromatic heterocycles. The van der Waals surface area contributed by atoms with E-state index in [1.54, 1.807) is 17.4 Å². The largest absolute Gasteiger partial charge is 0.477 e. The Morgan fingerprint density at radius 2 is 2.29 bits per heavy atom. The fourth-order valence-electron chi connectivity index (χ4n) is 1.48. The molecule has 0 bridgehead atoms. The van der Waals surface area contributed by atoms with Crippen LogP contribution in [0.3, 0.4) is 0 Å². The lowest BCUT2D eigenvalue weighted by Crippen LogP contribution is -2.16. The van der Waals surface area contributed by atoms with Gasteiger partial charge < -0.3 is 10.4 Å². The van der Waals surface area contributed by atoms with E-state index < -0.39 is 5.97 Å². The highest BCUT2D eigenvalue weighted by atomic mass is 32.1. The van der Waals surface area contributed by atoms with Crippen LogP contribution in [0.2, 0.25) is 0 Å². The van der Waals surface area contributed by atoms with E-state index >= 15 is 0 Å². The fourth-order valence-corrected chi connectivity index (χ4v) is 3.04. The van der Waals surface area contributed by atoms with Gasteiger partial charge in [-0.1, -0.05) is 6.07 Å². The van der Waals surface area contributed by atoms with Crippen LogP contribution in [0.25, 0.3) is 0 Å². The first-order valence-corrected chi connectivity index (χ1v) is 6.95. The Hall–Kier alpha value is -1.17. The van der Waals surface area contributed by atoms with Gasteiger partial charge in [0.1, 0.15) is 4.88 Å². The molecule has 5 heteroatoms. The minimum Gasteiger partial charge on any atom is -0.477 e. The third kappa shape index (κ3) is 3.15. The Morgan fingerprint density at radius 3 is 2.88 bits per heavy atom. The van der Waals surface area contributed by atoms with Crippen molar-refractivity contribution in [3.8, 4) is 0 Å². The number of nitrogens with one attached hydrogen (secondary N) is 1. The highest BCUT2D eigenvalue weighted by molar-refractivity contribution is 7.13. The Kier molecular flexibility index (Phi) is 3.93. The monoisotopic (exact) mass is 267 g/mol. The van der Waals surface area contributed by atoms with Crippen LogP contribution in [0.5, 0.6) is 0 Å². The van der Waals surface area contributed by atoms with Crippen molar-refractivity contribution in [3.05, 3.63) is 44.3 Å². The molecule has 1 atom stereocenters. The highest BCUT2D eigenvalue weighted by Crippen LogP contribution is 2.20. The molecule has 0 saturated heterocycles. The predicted octanol–water partition coefficient (Wildman–Crippen LogP) is 3.36. The zero-order valence-electron chi connectivity index (χ0n) is 9.34. The standard InChI is InChI=1S/C12H13NO2S2/c1-8(10-3-2-6-16-10)13-7-9-4-5-11(17-9)12(14)15/h2-6,8,13H,7H2,1H3,(H,14,15). The second-order valence-corrected chi connectivity index (χ2v) is 5.84. The molecule has 2 rings (SSSR count). The first-order valence-electron chi connectivity index (χ1n) is 5.25. The van der Waals surface area contributed by atoms with Crippen LogP contribution in [0, 0.1) is 0 Å². The summed E-state index contributed by atoms with van der Waals surface area (Å²) in [5.74, 6) is -0.854. The van der Waals surface area contributed by atoms with E-state index in [1.807, 2.05) is 12.1 Å². The van der Waals surface area contributed by atoms with Gasteiger partial charge in [0.15, 0.2) is 0 Å². The summed E-state index contributed by atoms with van der Waals surface area (Å²) >= 11 is 3.04. The summed E-state index contributed by atoms with van der Waals surface area (Å²) in [7, 11) is 0. The second-order valence-electron chi connectivity index (χ2n) is 3.69. The van der Waals surface area contributed by atoms with Crippen molar-refractivity contribution < 1.29 is 9.90 Å². The van der Waals surface area contributed by atoms with E-state index in [0.29, 0.717) is 17.5 Å². The van der Waals surface area contributed by atoms with Crippen LogP contribution >= 0.6 is 22.7 Å². The number of carboxylic acid groups (broad SMARTS) is 1. The molecule has 1 unspecified atom stereocenters. The van der Waals surface area contributed by atoms with Crippen LogP contribution in [0.4, 0.5) is 0 Å². The van der Waals surface area contributed by atoms with Crippen LogP contribution < -0.4 is 5.32 Å². The summed E-state index contributed by atoms with van der Waals surface area (Å²) < 4.78 is 0. The van der Waals surface area contributed by atoms with Crippen molar-refractivity contribution in [1.29, 1.82) is 0 Å². The molecule has 0 aliphatic heterocycles. The lowest BCUT2D eigenvalue weighted by Gasteiger charge is -2.10. The molecular weight excluding hydrogens is 254 g/mol. The second kappa shape index (κ2) is 5.44. The first kappa shape index (κ1) is 12.3. The van der Waals surface area contributed by atoms with E-state index in [4.69, 9.17) is 5.11 Å². The summed E-state index contributed by atoms with van der Waals surface area (Å²) in [5, 5.41) is 14.3. The van der Waals surface area contributed by atoms with Crippen molar-refractivity contribution in [2.45, 2.75) is 19.5 Å². The fraction of sp³-hybridized carbons (Fsp3) is 0.250. The molecule has 0 amide bonds. The van der Waals surface area contributed by atoms with Crippen molar-refractivity contribution in [1.82, 2.24) is 5.32 Å². The number of hydrogen-bond acceptors (Lipinski definition) is 4. The quantitative estimate of drug-likeness (QED) is 0.873. The van der Waals surface area contributed by atoms with Gasteiger partial charge in [0.2, 0.25) is 0 Å². The molecule has 0 saturated carbocycles. The smallest absolute Gasteiger partial charge is 0.345 e. The molecule has 90 valence electrons. The predicted molar refractivity (Wildman–Crippen MR) is 70.9 cm³/mol. The summed E-state index contributed by atoms with van der Waals surface area (Å²) in [4.78, 5) is 13.5. The third-order valence-corrected chi connectivity index (χ3v) is 4.55. The Labute approximate surface area is 108 Å². The van der Waals surface area contributed by atoms with E-state index in [0.717, 1.165) is 4.88 Å². The van der Waals surface area contributed by atoms with Crippen LogP contribution in [-0.4, -0.2) is 11.1 Å². The molecule has 0 spiro atoms. The Balaban J connectivity index is 1.91. The lowest BCUT2D eigenvalue weighted by molar-refractivity contribution is 0.0702. The van der Waals surface area contributed by atoms with Gasteiger partial charge in [0.05, 0.1) is 0 Å². The maximum atomic E-state index is 10.7. The Morgan fingerprint density at radius 1 is 1.47 bits per heavy atom. The summed E-state index contributed by atoms with van der Waals surface area (Å²) in [6.45, 7) is 2.81. The maximum Gasteiger partial charge on any atom is 0.345 e. The van der Waals surface area contributed by atoms with Crippen molar-refractivity contribution in [2.75, 3.05) is 0 Å². The van der Waals surface area contributed by atoms with Gasteiger partial charge in [0.25, 0.3) is 0 Å². The van der Waals surface area contributed by atoms with E-state index in [2.05, 4.69) is 23.7 Å². The van der Waals surface area contributed by atoms with Gasteiger partial charge >= 0.3 is 5.97 Å². The molecule has 0 radical (unpaired) electrons. The van der Waals surface area contributed by atoms with Crippen LogP contribution in [0.15, 0.2) is 29.6 Å². The Bertz CT molecular complexity index is 490. The van der Waals surface area contributed by atoms with Crippen molar-refractivity contribution in [2.24, 2.45) is 0 Å². The summed E-state index contributed by atoms with van der Waals surface area (Å²) in [6, 6.07) is 7.94. The van der Waals surface area contributed by atoms with Crippen LogP contribution in [0.1, 0.15) is 32.4 Å². The van der Waals surface area contributed by atoms with E-state index in [-0.39, 0.29) is 0 Å². The average molecular weight is 267 g/mol. The number of thiophene rings is 2. The average Bonchev–Trinajstić information content (AvgIpc) is 2.97. The molecule has 0 fully saturated rings. The molecule has 0 aromatic carbocycles. The van der Waals surface area contributed by atoms with Crippen molar-refractivity contribution in [3.63, 3.8) is 0 Å². The molecule has 0 aliphatic carbocycles. The topological polar surface area (TPSA) is 49.3 Å². The summed E-state index contributed by atoms with van der Waals surface area (Å²) in [6.07, 6.45) is 0. The van der Waals surface area contributed by atoms with Gasteiger partial charge in [-0.15, -0.1) is 22.7 Å². The highest BCUT2D eigenvalue weighted by Gasteiger charge is 2.09. The molecule has 2 aromatic rings. The number of carboxylic acids is 1. The van der Waals surface area contributed by atoms with Crippen LogP contribution in [-0.2, 0) is 6.54 Å². The number of aromatic carboxylic acids is 1. The molecule has 2 heterocycles. The van der Waals surface area contributed by atoms with Gasteiger partial charge in [-0.2, -0.15) is 0 Å². The maximum absolute atomic E-state index is 10.7. The molecule has 2 N–H and O–H groups in total. The molecule has 3 nitrogen and oxygen atoms in total. The zero-order valence-corrected chi connectivity index (χ0v) is 11.0. The normalized spacial score (nSPS) is 12.5. The minimum atomic E-state index is -0.854. The van der Waals surface area contributed by atoms with Gasteiger partial charge in [-0.3, -0.25) is 0 Å². The SMILES string of the molecule is CC(NCc1ccc(C(=O)O)s1)c1cccs1. The first-order chi connectivity index (χ1) is 8.16. The summed E-state index contributed by atoms with van der Waals surface area (Å²) in [5.41, 5.74) is 0. The van der Waals surface area contributed by atoms with E-state index in [9.17, 15) is 4.79 Å². The number of rotatable bonds is 5. The minimum absolute atomic E-state index is 0.297. The van der Waals surface area contributed by atoms with E-state index in [1.165, 1.54) is 16.2 Å². The number of carbonyl (C=O) groups is 1. The lowest BCUT2D eigenvalue weighted by atomic mass is 10.3. The van der Waals surface area contributed by atoms with Gasteiger partial charge in [-0.05, 0) is 30.5 Å². The van der Waals surface area contributed by atoms with Gasteiger partial charge in [-0.25, -0.2) is 4.79 Å². The van der Waals surface area contributed by atoms with Crippen molar-refractivity contribution >= 4 is 28.6 Å². The third-order valence-electron chi connectivity index (χ3n) is 2.42.